The first-order valence-electron chi connectivity index (χ1n) is 13.7. The number of fused-ring (bicyclic) bond motifs is 1. The van der Waals surface area contributed by atoms with Crippen LogP contribution in [0.15, 0.2) is 47.4 Å². The van der Waals surface area contributed by atoms with Crippen molar-refractivity contribution in [2.24, 2.45) is 0 Å². The largest absolute Gasteiger partial charge is 0.477 e. The standard InChI is InChI=1S/C28H23ClF3N3O12P2/c29-23-24-15(6-18(31)25(23)34-9-13(36)10-34)26(38)16(28(39)40)11-35(24)27-19(32)7-17(30)20(33-27)8-21(37)47-14-3-1-12(2-4-14)5-22(48(41,42)43)49(44,45)46/h1-4,6-7,11,13,22,36H,5,8-10H2,(H,39,40)(H2,41,42,43)(H2,44,45,46). The average molecular weight is 748 g/mol. The molecule has 0 amide bonds. The molecule has 0 spiro atoms. The van der Waals surface area contributed by atoms with Gasteiger partial charge in [-0.05, 0) is 30.2 Å². The van der Waals surface area contributed by atoms with Crippen molar-refractivity contribution >= 4 is 55.3 Å². The quantitative estimate of drug-likeness (QED) is 0.0778. The van der Waals surface area contributed by atoms with Crippen molar-refractivity contribution in [2.75, 3.05) is 18.0 Å². The lowest BCUT2D eigenvalue weighted by molar-refractivity contribution is -0.133. The molecule has 0 unspecified atom stereocenters. The van der Waals surface area contributed by atoms with Crippen molar-refractivity contribution in [3.8, 4) is 11.6 Å². The lowest BCUT2D eigenvalue weighted by Gasteiger charge is -2.38. The van der Waals surface area contributed by atoms with Crippen LogP contribution in [0.5, 0.6) is 5.75 Å². The molecule has 0 saturated carbocycles. The molecule has 0 aliphatic carbocycles. The smallest absolute Gasteiger partial charge is 0.341 e. The zero-order valence-corrected chi connectivity index (χ0v) is 27.0. The number of halogens is 4. The zero-order valence-electron chi connectivity index (χ0n) is 24.4. The van der Waals surface area contributed by atoms with Crippen molar-refractivity contribution in [2.45, 2.75) is 24.3 Å². The predicted molar refractivity (Wildman–Crippen MR) is 165 cm³/mol. The molecule has 5 rings (SSSR count). The highest BCUT2D eigenvalue weighted by Crippen LogP contribution is 2.60. The maximum absolute atomic E-state index is 15.3. The van der Waals surface area contributed by atoms with Crippen LogP contribution in [0, 0.1) is 17.5 Å². The van der Waals surface area contributed by atoms with E-state index in [1.165, 1.54) is 17.0 Å². The number of aromatic nitrogens is 2. The number of nitrogens with zero attached hydrogens (tertiary/aromatic N) is 3. The molecule has 1 saturated heterocycles. The van der Waals surface area contributed by atoms with Crippen molar-refractivity contribution in [3.05, 3.63) is 92.1 Å². The molecule has 0 radical (unpaired) electrons. The molecular formula is C28H23ClF3N3O12P2. The van der Waals surface area contributed by atoms with E-state index in [1.807, 2.05) is 0 Å². The number of pyridine rings is 2. The van der Waals surface area contributed by atoms with Crippen molar-refractivity contribution in [1.29, 1.82) is 0 Å². The summed E-state index contributed by atoms with van der Waals surface area (Å²) in [7, 11) is -10.4. The molecule has 0 atom stereocenters. The topological polar surface area (TPSA) is 237 Å². The number of aromatic carboxylic acids is 1. The summed E-state index contributed by atoms with van der Waals surface area (Å²) in [6.45, 7) is -0.0852. The summed E-state index contributed by atoms with van der Waals surface area (Å²) in [6.07, 6.45) is -1.82. The molecule has 15 nitrogen and oxygen atoms in total. The Kier molecular flexibility index (Phi) is 9.82. The summed E-state index contributed by atoms with van der Waals surface area (Å²) in [5.74, 6) is -7.70. The SMILES string of the molecule is O=C(Cc1nc(-n2cc(C(=O)O)c(=O)c3cc(F)c(N4CC(O)C4)c(Cl)c32)c(F)cc1F)Oc1ccc(CC(P(=O)(O)O)P(=O)(O)O)cc1. The van der Waals surface area contributed by atoms with Gasteiger partial charge in [0.15, 0.2) is 17.0 Å². The van der Waals surface area contributed by atoms with Crippen LogP contribution in [0.2, 0.25) is 5.02 Å². The van der Waals surface area contributed by atoms with Gasteiger partial charge < -0.3 is 39.4 Å². The van der Waals surface area contributed by atoms with Gasteiger partial charge in [0, 0.05) is 25.4 Å². The van der Waals surface area contributed by atoms with Gasteiger partial charge in [0.25, 0.3) is 0 Å². The number of carboxylic acids is 1. The van der Waals surface area contributed by atoms with Crippen LogP contribution in [-0.4, -0.2) is 75.9 Å². The zero-order chi connectivity index (χ0) is 36.2. The summed E-state index contributed by atoms with van der Waals surface area (Å²) in [5.41, 5.74) is -3.46. The fraction of sp³-hybridized carbons (Fsp3) is 0.214. The number of anilines is 1. The molecule has 1 fully saturated rings. The number of hydrogen-bond donors (Lipinski definition) is 6. The maximum Gasteiger partial charge on any atom is 0.341 e. The van der Waals surface area contributed by atoms with Crippen molar-refractivity contribution in [1.82, 2.24) is 9.55 Å². The Bertz CT molecular complexity index is 2150. The van der Waals surface area contributed by atoms with E-state index in [9.17, 15) is 57.7 Å². The van der Waals surface area contributed by atoms with E-state index < -0.39 is 107 Å². The number of carboxylic acid groups (broad SMARTS) is 1. The van der Waals surface area contributed by atoms with Gasteiger partial charge in [0.05, 0.1) is 39.8 Å². The van der Waals surface area contributed by atoms with E-state index in [-0.39, 0.29) is 30.1 Å². The third kappa shape index (κ3) is 7.41. The van der Waals surface area contributed by atoms with Gasteiger partial charge in [-0.3, -0.25) is 23.3 Å². The Labute approximate surface area is 277 Å². The summed E-state index contributed by atoms with van der Waals surface area (Å²) in [5, 5.41) is 15.9. The van der Waals surface area contributed by atoms with Gasteiger partial charge >= 0.3 is 27.1 Å². The van der Waals surface area contributed by atoms with Crippen LogP contribution in [-0.2, 0) is 26.8 Å². The molecule has 49 heavy (non-hydrogen) atoms. The van der Waals surface area contributed by atoms with E-state index in [4.69, 9.17) is 16.3 Å². The summed E-state index contributed by atoms with van der Waals surface area (Å²) < 4.78 is 74.3. The van der Waals surface area contributed by atoms with Crippen LogP contribution in [0.3, 0.4) is 0 Å². The van der Waals surface area contributed by atoms with Gasteiger partial charge in [-0.15, -0.1) is 0 Å². The third-order valence-corrected chi connectivity index (χ3v) is 11.5. The molecule has 3 heterocycles. The molecule has 6 N–H and O–H groups in total. The highest BCUT2D eigenvalue weighted by molar-refractivity contribution is 7.70. The molecule has 4 aromatic rings. The third-order valence-electron chi connectivity index (χ3n) is 7.44. The predicted octanol–water partition coefficient (Wildman–Crippen LogP) is 2.71. The number of rotatable bonds is 10. The minimum absolute atomic E-state index is 0.0426. The fourth-order valence-electron chi connectivity index (χ4n) is 5.08. The van der Waals surface area contributed by atoms with Gasteiger partial charge in [-0.25, -0.2) is 22.9 Å². The van der Waals surface area contributed by atoms with Gasteiger partial charge in [-0.1, -0.05) is 23.7 Å². The molecule has 260 valence electrons. The first-order chi connectivity index (χ1) is 22.8. The van der Waals surface area contributed by atoms with E-state index in [1.54, 1.807) is 0 Å². The lowest BCUT2D eigenvalue weighted by atomic mass is 10.1. The summed E-state index contributed by atoms with van der Waals surface area (Å²) in [4.78, 5) is 80.0. The highest BCUT2D eigenvalue weighted by Gasteiger charge is 2.43. The van der Waals surface area contributed by atoms with Gasteiger partial charge in [0.2, 0.25) is 5.43 Å². The second kappa shape index (κ2) is 13.3. The number of aliphatic hydroxyl groups excluding tert-OH is 1. The average Bonchev–Trinajstić information content (AvgIpc) is 2.96. The number of carbonyl (C=O) groups is 2. The lowest BCUT2D eigenvalue weighted by Crippen LogP contribution is -2.51. The number of aliphatic hydroxyl groups is 1. The van der Waals surface area contributed by atoms with Crippen LogP contribution in [0.25, 0.3) is 16.7 Å². The number of carbonyl (C=O) groups excluding carboxylic acids is 1. The van der Waals surface area contributed by atoms with Gasteiger partial charge in [-0.2, -0.15) is 0 Å². The molecule has 21 heteroatoms. The monoisotopic (exact) mass is 747 g/mol. The normalized spacial score (nSPS) is 14.0. The van der Waals surface area contributed by atoms with Crippen LogP contribution >= 0.6 is 26.8 Å². The molecule has 0 bridgehead atoms. The van der Waals surface area contributed by atoms with E-state index >= 15 is 8.78 Å². The van der Waals surface area contributed by atoms with Crippen LogP contribution in [0.4, 0.5) is 18.9 Å². The molecule has 2 aromatic carbocycles. The van der Waals surface area contributed by atoms with Crippen molar-refractivity contribution in [3.63, 3.8) is 0 Å². The number of hydrogen-bond acceptors (Lipinski definition) is 9. The molecule has 1 aliphatic heterocycles. The van der Waals surface area contributed by atoms with Crippen molar-refractivity contribution < 1.29 is 66.4 Å². The number of ether oxygens (including phenoxy) is 1. The second-order valence-electron chi connectivity index (χ2n) is 10.9. The summed E-state index contributed by atoms with van der Waals surface area (Å²) in [6, 6.07) is 5.60. The molecule has 2 aromatic heterocycles. The Morgan fingerprint density at radius 1 is 1.00 bits per heavy atom. The Morgan fingerprint density at radius 2 is 1.61 bits per heavy atom. The minimum Gasteiger partial charge on any atom is -0.477 e. The van der Waals surface area contributed by atoms with Crippen LogP contribution < -0.4 is 15.1 Å². The minimum atomic E-state index is -5.21. The number of β-amino-alcohol motifs (C(OH)–C–C–N with tert-alkyl or cyclic N) is 1. The fourth-order valence-corrected chi connectivity index (χ4v) is 7.95. The first-order valence-corrected chi connectivity index (χ1v) is 17.5. The first kappa shape index (κ1) is 36.2. The second-order valence-corrected chi connectivity index (χ2v) is 15.3. The Hall–Kier alpha value is -4.12. The molecular weight excluding hydrogens is 725 g/mol. The maximum atomic E-state index is 15.3. The van der Waals surface area contributed by atoms with E-state index in [2.05, 4.69) is 4.98 Å². The highest BCUT2D eigenvalue weighted by atomic mass is 35.5. The van der Waals surface area contributed by atoms with Gasteiger partial charge in [0.1, 0.15) is 22.9 Å². The number of benzene rings is 2. The van der Waals surface area contributed by atoms with E-state index in [0.29, 0.717) is 22.9 Å². The Balaban J connectivity index is 1.49. The number of esters is 1. The van der Waals surface area contributed by atoms with E-state index in [0.717, 1.165) is 12.1 Å². The molecule has 1 aliphatic rings. The summed E-state index contributed by atoms with van der Waals surface area (Å²) >= 11 is 6.50. The Morgan fingerprint density at radius 3 is 2.16 bits per heavy atom. The van der Waals surface area contributed by atoms with Crippen LogP contribution in [0.1, 0.15) is 21.6 Å².